The van der Waals surface area contributed by atoms with Crippen molar-refractivity contribution in [2.24, 2.45) is 5.92 Å². The van der Waals surface area contributed by atoms with E-state index in [0.717, 1.165) is 25.2 Å². The minimum Gasteiger partial charge on any atom is -0.344 e. The number of amides is 2. The third-order valence-electron chi connectivity index (χ3n) is 5.61. The predicted octanol–water partition coefficient (Wildman–Crippen LogP) is 3.23. The number of carbonyl (C=O) groups excluding carboxylic acids is 2. The second-order valence-corrected chi connectivity index (χ2v) is 8.39. The largest absolute Gasteiger partial charge is 0.344 e. The van der Waals surface area contributed by atoms with Gasteiger partial charge < -0.3 is 10.2 Å². The van der Waals surface area contributed by atoms with E-state index in [9.17, 15) is 9.59 Å². The van der Waals surface area contributed by atoms with Crippen molar-refractivity contribution in [3.05, 3.63) is 77.9 Å². The van der Waals surface area contributed by atoms with Gasteiger partial charge in [-0.1, -0.05) is 86.7 Å². The first kappa shape index (κ1) is 22.8. The van der Waals surface area contributed by atoms with Gasteiger partial charge in [0.2, 0.25) is 11.8 Å². The molecule has 1 fully saturated rings. The molecule has 5 nitrogen and oxygen atoms in total. The van der Waals surface area contributed by atoms with Crippen molar-refractivity contribution in [1.82, 2.24) is 15.1 Å². The van der Waals surface area contributed by atoms with Gasteiger partial charge in [-0.15, -0.1) is 0 Å². The first-order valence-electron chi connectivity index (χ1n) is 11.1. The van der Waals surface area contributed by atoms with Gasteiger partial charge in [0, 0.05) is 32.7 Å². The molecule has 1 aliphatic heterocycles. The molecule has 5 heteroatoms. The van der Waals surface area contributed by atoms with E-state index < -0.39 is 6.04 Å². The van der Waals surface area contributed by atoms with Crippen molar-refractivity contribution in [2.75, 3.05) is 32.7 Å². The van der Waals surface area contributed by atoms with Gasteiger partial charge >= 0.3 is 0 Å². The van der Waals surface area contributed by atoms with Crippen molar-refractivity contribution >= 4 is 17.9 Å². The maximum Gasteiger partial charge on any atom is 0.245 e. The van der Waals surface area contributed by atoms with Crippen LogP contribution in [0.1, 0.15) is 25.0 Å². The molecular formula is C26H33N3O2. The summed E-state index contributed by atoms with van der Waals surface area (Å²) in [7, 11) is 0. The van der Waals surface area contributed by atoms with Crippen LogP contribution in [0.25, 0.3) is 6.08 Å². The molecule has 164 valence electrons. The number of hydrogen-bond donors (Lipinski definition) is 1. The SMILES string of the molecule is CC(C)[C@H](NC(=O)Cc1ccccc1)C(=O)N1CCN(C/C=C/c2ccccc2)CC1. The van der Waals surface area contributed by atoms with Crippen molar-refractivity contribution in [3.63, 3.8) is 0 Å². The summed E-state index contributed by atoms with van der Waals surface area (Å²) < 4.78 is 0. The Labute approximate surface area is 185 Å². The smallest absolute Gasteiger partial charge is 0.245 e. The van der Waals surface area contributed by atoms with Gasteiger partial charge in [-0.05, 0) is 17.0 Å². The molecule has 1 saturated heterocycles. The zero-order valence-corrected chi connectivity index (χ0v) is 18.5. The zero-order valence-electron chi connectivity index (χ0n) is 18.5. The Hall–Kier alpha value is -2.92. The number of hydrogen-bond acceptors (Lipinski definition) is 3. The van der Waals surface area contributed by atoms with E-state index in [2.05, 4.69) is 34.5 Å². The number of benzene rings is 2. The highest BCUT2D eigenvalue weighted by Gasteiger charge is 2.30. The van der Waals surface area contributed by atoms with Crippen LogP contribution in [0.2, 0.25) is 0 Å². The van der Waals surface area contributed by atoms with E-state index in [1.54, 1.807) is 0 Å². The Bertz CT molecular complexity index is 857. The molecule has 31 heavy (non-hydrogen) atoms. The monoisotopic (exact) mass is 419 g/mol. The highest BCUT2D eigenvalue weighted by molar-refractivity contribution is 5.88. The van der Waals surface area contributed by atoms with Crippen molar-refractivity contribution in [3.8, 4) is 0 Å². The molecule has 1 aliphatic rings. The molecule has 2 aromatic carbocycles. The summed E-state index contributed by atoms with van der Waals surface area (Å²) in [4.78, 5) is 29.9. The predicted molar refractivity (Wildman–Crippen MR) is 125 cm³/mol. The molecule has 3 rings (SSSR count). The first-order valence-corrected chi connectivity index (χ1v) is 11.1. The second-order valence-electron chi connectivity index (χ2n) is 8.39. The van der Waals surface area contributed by atoms with Gasteiger partial charge in [0.05, 0.1) is 6.42 Å². The molecule has 1 atom stereocenters. The maximum atomic E-state index is 13.1. The lowest BCUT2D eigenvalue weighted by Gasteiger charge is -2.37. The highest BCUT2D eigenvalue weighted by atomic mass is 16.2. The Kier molecular flexibility index (Phi) is 8.42. The Morgan fingerprint density at radius 2 is 1.55 bits per heavy atom. The van der Waals surface area contributed by atoms with Gasteiger partial charge in [0.15, 0.2) is 0 Å². The first-order chi connectivity index (χ1) is 15.0. The van der Waals surface area contributed by atoms with Crippen molar-refractivity contribution in [1.29, 1.82) is 0 Å². The fourth-order valence-corrected chi connectivity index (χ4v) is 3.77. The van der Waals surface area contributed by atoms with Crippen LogP contribution in [0.4, 0.5) is 0 Å². The van der Waals surface area contributed by atoms with Crippen LogP contribution in [-0.2, 0) is 16.0 Å². The summed E-state index contributed by atoms with van der Waals surface area (Å²) in [6.07, 6.45) is 4.60. The van der Waals surface area contributed by atoms with Gasteiger partial charge in [0.25, 0.3) is 0 Å². The third-order valence-corrected chi connectivity index (χ3v) is 5.61. The van der Waals surface area contributed by atoms with E-state index >= 15 is 0 Å². The minimum absolute atomic E-state index is 0.0240. The summed E-state index contributed by atoms with van der Waals surface area (Å²) >= 11 is 0. The quantitative estimate of drug-likeness (QED) is 0.715. The Balaban J connectivity index is 1.48. The lowest BCUT2D eigenvalue weighted by molar-refractivity contribution is -0.139. The fourth-order valence-electron chi connectivity index (χ4n) is 3.77. The van der Waals surface area contributed by atoms with Crippen LogP contribution in [-0.4, -0.2) is 60.4 Å². The van der Waals surface area contributed by atoms with E-state index in [1.807, 2.05) is 67.3 Å². The van der Waals surface area contributed by atoms with Gasteiger partial charge in [-0.25, -0.2) is 0 Å². The van der Waals surface area contributed by atoms with Crippen LogP contribution >= 0.6 is 0 Å². The van der Waals surface area contributed by atoms with Gasteiger partial charge in [0.1, 0.15) is 6.04 Å². The summed E-state index contributed by atoms with van der Waals surface area (Å²) in [5.74, 6) is -0.0436. The van der Waals surface area contributed by atoms with Gasteiger partial charge in [-0.3, -0.25) is 14.5 Å². The van der Waals surface area contributed by atoms with Crippen molar-refractivity contribution in [2.45, 2.75) is 26.3 Å². The van der Waals surface area contributed by atoms with E-state index in [0.29, 0.717) is 19.5 Å². The molecule has 1 N–H and O–H groups in total. The molecule has 0 spiro atoms. The normalized spacial score (nSPS) is 15.9. The topological polar surface area (TPSA) is 52.7 Å². The molecule has 0 aliphatic carbocycles. The van der Waals surface area contributed by atoms with E-state index in [4.69, 9.17) is 0 Å². The fraction of sp³-hybridized carbons (Fsp3) is 0.385. The molecule has 1 heterocycles. The van der Waals surface area contributed by atoms with Crippen LogP contribution in [0.5, 0.6) is 0 Å². The lowest BCUT2D eigenvalue weighted by atomic mass is 10.0. The van der Waals surface area contributed by atoms with E-state index in [-0.39, 0.29) is 17.7 Å². The molecular weight excluding hydrogens is 386 g/mol. The maximum absolute atomic E-state index is 13.1. The summed E-state index contributed by atoms with van der Waals surface area (Å²) in [6.45, 7) is 7.90. The number of rotatable bonds is 8. The molecule has 2 aromatic rings. The van der Waals surface area contributed by atoms with E-state index in [1.165, 1.54) is 5.56 Å². The Morgan fingerprint density at radius 3 is 2.16 bits per heavy atom. The standard InChI is InChI=1S/C26H33N3O2/c1-21(2)25(27-24(30)20-23-12-7-4-8-13-23)26(31)29-18-16-28(17-19-29)15-9-14-22-10-5-3-6-11-22/h3-14,21,25H,15-20H2,1-2H3,(H,27,30)/b14-9+/t25-/m0/s1. The summed E-state index contributed by atoms with van der Waals surface area (Å²) in [5, 5.41) is 2.97. The lowest BCUT2D eigenvalue weighted by Crippen LogP contribution is -2.56. The van der Waals surface area contributed by atoms with Crippen LogP contribution < -0.4 is 5.32 Å². The Morgan fingerprint density at radius 1 is 0.935 bits per heavy atom. The zero-order chi connectivity index (χ0) is 22.1. The molecule has 0 unspecified atom stereocenters. The van der Waals surface area contributed by atoms with Crippen molar-refractivity contribution < 1.29 is 9.59 Å². The number of nitrogens with one attached hydrogen (secondary N) is 1. The average Bonchev–Trinajstić information content (AvgIpc) is 2.79. The summed E-state index contributed by atoms with van der Waals surface area (Å²) in [5.41, 5.74) is 2.15. The average molecular weight is 420 g/mol. The number of carbonyl (C=O) groups is 2. The molecule has 0 bridgehead atoms. The number of nitrogens with zero attached hydrogens (tertiary/aromatic N) is 2. The second kappa shape index (κ2) is 11.5. The molecule has 0 saturated carbocycles. The van der Waals surface area contributed by atoms with Crippen LogP contribution in [0.3, 0.4) is 0 Å². The molecule has 2 amide bonds. The minimum atomic E-state index is -0.485. The van der Waals surface area contributed by atoms with Gasteiger partial charge in [-0.2, -0.15) is 0 Å². The molecule has 0 radical (unpaired) electrons. The molecule has 0 aromatic heterocycles. The third kappa shape index (κ3) is 7.07. The number of piperazine rings is 1. The van der Waals surface area contributed by atoms with Crippen LogP contribution in [0.15, 0.2) is 66.7 Å². The highest BCUT2D eigenvalue weighted by Crippen LogP contribution is 2.11. The summed E-state index contributed by atoms with van der Waals surface area (Å²) in [6, 6.07) is 19.4. The van der Waals surface area contributed by atoms with Crippen LogP contribution in [0, 0.1) is 5.92 Å².